The Kier molecular flexibility index (Phi) is 6.93. The number of nitrogens with one attached hydrogen (secondary N) is 1. The van der Waals surface area contributed by atoms with Crippen LogP contribution in [0, 0.1) is 5.92 Å². The van der Waals surface area contributed by atoms with Gasteiger partial charge in [-0.1, -0.05) is 37.0 Å². The number of benzene rings is 1. The van der Waals surface area contributed by atoms with Gasteiger partial charge in [-0.25, -0.2) is 13.1 Å². The molecule has 5 nitrogen and oxygen atoms in total. The van der Waals surface area contributed by atoms with E-state index in [9.17, 15) is 8.42 Å². The molecule has 1 heterocycles. The van der Waals surface area contributed by atoms with Gasteiger partial charge in [-0.15, -0.1) is 0 Å². The van der Waals surface area contributed by atoms with E-state index in [4.69, 9.17) is 23.2 Å². The van der Waals surface area contributed by atoms with Crippen molar-refractivity contribution in [2.45, 2.75) is 24.8 Å². The number of piperazine rings is 1. The van der Waals surface area contributed by atoms with E-state index in [0.29, 0.717) is 17.5 Å². The highest BCUT2D eigenvalue weighted by molar-refractivity contribution is 7.89. The lowest BCUT2D eigenvalue weighted by Gasteiger charge is -2.39. The predicted octanol–water partition coefficient (Wildman–Crippen LogP) is 2.54. The Morgan fingerprint density at radius 1 is 1.12 bits per heavy atom. The van der Waals surface area contributed by atoms with Crippen LogP contribution in [0.25, 0.3) is 0 Å². The van der Waals surface area contributed by atoms with Crippen molar-refractivity contribution in [2.24, 2.45) is 5.92 Å². The van der Waals surface area contributed by atoms with Crippen LogP contribution in [-0.4, -0.2) is 64.0 Å². The lowest BCUT2D eigenvalue weighted by atomic mass is 10.0. The number of nitrogens with zero attached hydrogens (tertiary/aromatic N) is 2. The maximum absolute atomic E-state index is 12.5. The molecule has 1 unspecified atom stereocenters. The molecule has 1 N–H and O–H groups in total. The van der Waals surface area contributed by atoms with Gasteiger partial charge in [0.2, 0.25) is 10.0 Å². The molecule has 0 bridgehead atoms. The molecule has 0 aromatic heterocycles. The Morgan fingerprint density at radius 3 is 2.29 bits per heavy atom. The number of likely N-dealkylation sites (N-methyl/N-ethyl adjacent to an activating group) is 1. The van der Waals surface area contributed by atoms with Crippen LogP contribution in [0.3, 0.4) is 0 Å². The average Bonchev–Trinajstić information content (AvgIpc) is 2.51. The van der Waals surface area contributed by atoms with Crippen LogP contribution in [-0.2, 0) is 10.0 Å². The Balaban J connectivity index is 2.06. The molecule has 1 atom stereocenters. The number of sulfonamides is 1. The van der Waals surface area contributed by atoms with Crippen LogP contribution in [0.2, 0.25) is 10.0 Å². The lowest BCUT2D eigenvalue weighted by molar-refractivity contribution is 0.0905. The quantitative estimate of drug-likeness (QED) is 0.806. The first-order valence-corrected chi connectivity index (χ1v) is 10.3. The minimum atomic E-state index is -3.61. The van der Waals surface area contributed by atoms with Crippen molar-refractivity contribution in [1.82, 2.24) is 14.5 Å². The van der Waals surface area contributed by atoms with Gasteiger partial charge in [-0.05, 0) is 31.2 Å². The average molecular weight is 394 g/mol. The molecule has 24 heavy (non-hydrogen) atoms. The van der Waals surface area contributed by atoms with Gasteiger partial charge >= 0.3 is 0 Å². The summed E-state index contributed by atoms with van der Waals surface area (Å²) in [5.41, 5.74) is 0. The number of hydrogen-bond donors (Lipinski definition) is 1. The van der Waals surface area contributed by atoms with Crippen molar-refractivity contribution in [3.8, 4) is 0 Å². The van der Waals surface area contributed by atoms with Crippen molar-refractivity contribution >= 4 is 33.2 Å². The van der Waals surface area contributed by atoms with Gasteiger partial charge in [0.25, 0.3) is 0 Å². The van der Waals surface area contributed by atoms with Crippen molar-refractivity contribution < 1.29 is 8.42 Å². The summed E-state index contributed by atoms with van der Waals surface area (Å²) in [5, 5.41) is 0.576. The molecule has 2 rings (SSSR count). The summed E-state index contributed by atoms with van der Waals surface area (Å²) < 4.78 is 27.8. The molecule has 8 heteroatoms. The van der Waals surface area contributed by atoms with E-state index in [1.54, 1.807) is 0 Å². The fourth-order valence-electron chi connectivity index (χ4n) is 2.86. The summed E-state index contributed by atoms with van der Waals surface area (Å²) in [7, 11) is -1.50. The maximum atomic E-state index is 12.5. The Labute approximate surface area is 155 Å². The topological polar surface area (TPSA) is 52.7 Å². The second kappa shape index (κ2) is 8.34. The first-order chi connectivity index (χ1) is 11.2. The maximum Gasteiger partial charge on any atom is 0.240 e. The van der Waals surface area contributed by atoms with Crippen LogP contribution in [0.5, 0.6) is 0 Å². The Hall–Kier alpha value is -0.370. The second-order valence-corrected chi connectivity index (χ2v) is 9.16. The highest BCUT2D eigenvalue weighted by Crippen LogP contribution is 2.25. The molecule has 1 aliphatic heterocycles. The SMILES string of the molecule is CC(C)C(CNS(=O)(=O)c1ccc(Cl)c(Cl)c1)N1CCN(C)CC1. The molecule has 0 aliphatic carbocycles. The van der Waals surface area contributed by atoms with E-state index in [-0.39, 0.29) is 16.0 Å². The zero-order valence-corrected chi connectivity index (χ0v) is 16.6. The smallest absolute Gasteiger partial charge is 0.240 e. The summed E-state index contributed by atoms with van der Waals surface area (Å²) in [6.45, 7) is 8.53. The predicted molar refractivity (Wildman–Crippen MR) is 99.3 cm³/mol. The summed E-state index contributed by atoms with van der Waals surface area (Å²) in [6.07, 6.45) is 0. The van der Waals surface area contributed by atoms with Gasteiger partial charge in [-0.2, -0.15) is 0 Å². The molecule has 1 saturated heterocycles. The van der Waals surface area contributed by atoms with Gasteiger partial charge < -0.3 is 4.90 Å². The number of hydrogen-bond acceptors (Lipinski definition) is 4. The summed E-state index contributed by atoms with van der Waals surface area (Å²) >= 11 is 11.8. The fraction of sp³-hybridized carbons (Fsp3) is 0.625. The highest BCUT2D eigenvalue weighted by atomic mass is 35.5. The fourth-order valence-corrected chi connectivity index (χ4v) is 4.30. The third-order valence-corrected chi connectivity index (χ3v) is 6.62. The minimum Gasteiger partial charge on any atom is -0.304 e. The molecule has 1 aliphatic rings. The van der Waals surface area contributed by atoms with E-state index in [1.165, 1.54) is 18.2 Å². The normalized spacial score (nSPS) is 18.9. The molecular formula is C16H25Cl2N3O2S. The second-order valence-electron chi connectivity index (χ2n) is 6.58. The summed E-state index contributed by atoms with van der Waals surface area (Å²) in [6, 6.07) is 4.51. The van der Waals surface area contributed by atoms with Crippen LogP contribution in [0.1, 0.15) is 13.8 Å². The van der Waals surface area contributed by atoms with Crippen LogP contribution in [0.15, 0.2) is 23.1 Å². The molecule has 1 aromatic rings. The zero-order chi connectivity index (χ0) is 17.9. The largest absolute Gasteiger partial charge is 0.304 e. The summed E-state index contributed by atoms with van der Waals surface area (Å²) in [4.78, 5) is 4.79. The molecule has 136 valence electrons. The first kappa shape index (κ1) is 19.9. The number of rotatable bonds is 6. The molecule has 0 saturated carbocycles. The highest BCUT2D eigenvalue weighted by Gasteiger charge is 2.27. The van der Waals surface area contributed by atoms with Gasteiger partial charge in [0, 0.05) is 38.8 Å². The minimum absolute atomic E-state index is 0.137. The Bertz CT molecular complexity index is 659. The van der Waals surface area contributed by atoms with Crippen molar-refractivity contribution in [2.75, 3.05) is 39.8 Å². The van der Waals surface area contributed by atoms with E-state index in [2.05, 4.69) is 35.4 Å². The first-order valence-electron chi connectivity index (χ1n) is 8.08. The Morgan fingerprint density at radius 2 is 1.75 bits per heavy atom. The van der Waals surface area contributed by atoms with Gasteiger partial charge in [0.1, 0.15) is 0 Å². The van der Waals surface area contributed by atoms with Gasteiger partial charge in [0.05, 0.1) is 14.9 Å². The standard InChI is InChI=1S/C16H25Cl2N3O2S/c1-12(2)16(21-8-6-20(3)7-9-21)11-19-24(22,23)13-4-5-14(17)15(18)10-13/h4-5,10,12,16,19H,6-9,11H2,1-3H3. The summed E-state index contributed by atoms with van der Waals surface area (Å²) in [5.74, 6) is 0.352. The van der Waals surface area contributed by atoms with Crippen molar-refractivity contribution in [3.63, 3.8) is 0 Å². The molecule has 0 spiro atoms. The van der Waals surface area contributed by atoms with Crippen molar-refractivity contribution in [3.05, 3.63) is 28.2 Å². The lowest BCUT2D eigenvalue weighted by Crippen LogP contribution is -2.54. The third-order valence-electron chi connectivity index (χ3n) is 4.46. The van der Waals surface area contributed by atoms with Crippen molar-refractivity contribution in [1.29, 1.82) is 0 Å². The monoisotopic (exact) mass is 393 g/mol. The van der Waals surface area contributed by atoms with Crippen LogP contribution >= 0.6 is 23.2 Å². The van der Waals surface area contributed by atoms with Crippen LogP contribution < -0.4 is 4.72 Å². The molecular weight excluding hydrogens is 369 g/mol. The van der Waals surface area contributed by atoms with Crippen LogP contribution in [0.4, 0.5) is 0 Å². The molecule has 0 radical (unpaired) electrons. The zero-order valence-electron chi connectivity index (χ0n) is 14.3. The molecule has 1 fully saturated rings. The number of halogens is 2. The van der Waals surface area contributed by atoms with Gasteiger partial charge in [-0.3, -0.25) is 4.90 Å². The molecule has 1 aromatic carbocycles. The van der Waals surface area contributed by atoms with Gasteiger partial charge in [0.15, 0.2) is 0 Å². The van der Waals surface area contributed by atoms with E-state index in [0.717, 1.165) is 26.2 Å². The third kappa shape index (κ3) is 5.07. The van der Waals surface area contributed by atoms with E-state index >= 15 is 0 Å². The van der Waals surface area contributed by atoms with E-state index < -0.39 is 10.0 Å². The van der Waals surface area contributed by atoms with E-state index in [1.807, 2.05) is 0 Å². The molecule has 0 amide bonds.